The molecule has 1 aliphatic rings. The van der Waals surface area contributed by atoms with E-state index in [0.717, 1.165) is 60.2 Å². The number of H-pyrrole nitrogens is 1. The van der Waals surface area contributed by atoms with Gasteiger partial charge in [-0.2, -0.15) is 0 Å². The van der Waals surface area contributed by atoms with Crippen LogP contribution in [-0.2, 0) is 4.79 Å². The Morgan fingerprint density at radius 3 is 2.60 bits per heavy atom. The van der Waals surface area contributed by atoms with E-state index in [1.807, 2.05) is 36.4 Å². The normalized spacial score (nSPS) is 19.3. The van der Waals surface area contributed by atoms with Crippen LogP contribution in [0.5, 0.6) is 0 Å². The van der Waals surface area contributed by atoms with Crippen molar-refractivity contribution in [1.82, 2.24) is 20.3 Å². The molecule has 0 radical (unpaired) electrons. The summed E-state index contributed by atoms with van der Waals surface area (Å²) in [6, 6.07) is 15.8. The number of carbonyl (C=O) groups excluding carboxylic acids is 1. The Morgan fingerprint density at radius 2 is 1.80 bits per heavy atom. The first-order valence-corrected chi connectivity index (χ1v) is 11.4. The van der Waals surface area contributed by atoms with Gasteiger partial charge in [0.25, 0.3) is 5.22 Å². The summed E-state index contributed by atoms with van der Waals surface area (Å²) in [5.41, 5.74) is 3.72. The molecule has 1 fully saturated rings. The van der Waals surface area contributed by atoms with Crippen LogP contribution in [0, 0.1) is 5.92 Å². The van der Waals surface area contributed by atoms with Crippen LogP contribution >= 0.6 is 11.8 Å². The first-order valence-electron chi connectivity index (χ1n) is 10.4. The first-order chi connectivity index (χ1) is 14.7. The highest BCUT2D eigenvalue weighted by molar-refractivity contribution is 7.99. The molecule has 7 heteroatoms. The van der Waals surface area contributed by atoms with Gasteiger partial charge in [-0.15, -0.1) is 0 Å². The molecule has 30 heavy (non-hydrogen) atoms. The lowest BCUT2D eigenvalue weighted by Gasteiger charge is -2.27. The summed E-state index contributed by atoms with van der Waals surface area (Å²) in [6.07, 6.45) is 4.44. The fourth-order valence-corrected chi connectivity index (χ4v) is 4.82. The van der Waals surface area contributed by atoms with E-state index >= 15 is 0 Å². The predicted octanol–water partition coefficient (Wildman–Crippen LogP) is 4.89. The number of thioether (sulfide) groups is 1. The molecule has 6 nitrogen and oxygen atoms in total. The van der Waals surface area contributed by atoms with Crippen LogP contribution in [0.15, 0.2) is 58.2 Å². The van der Waals surface area contributed by atoms with Gasteiger partial charge < -0.3 is 14.7 Å². The second kappa shape index (κ2) is 8.52. The van der Waals surface area contributed by atoms with Crippen molar-refractivity contribution in [2.24, 2.45) is 5.92 Å². The Hall–Kier alpha value is -2.80. The van der Waals surface area contributed by atoms with Crippen molar-refractivity contribution in [3.8, 4) is 0 Å². The molecule has 0 atom stereocenters. The van der Waals surface area contributed by atoms with E-state index in [9.17, 15) is 4.79 Å². The summed E-state index contributed by atoms with van der Waals surface area (Å²) in [4.78, 5) is 24.9. The second-order valence-electron chi connectivity index (χ2n) is 7.90. The molecule has 5 rings (SSSR count). The van der Waals surface area contributed by atoms with E-state index in [0.29, 0.717) is 22.8 Å². The quantitative estimate of drug-likeness (QED) is 0.434. The summed E-state index contributed by atoms with van der Waals surface area (Å²) >= 11 is 1.34. The third-order valence-corrected chi connectivity index (χ3v) is 6.66. The van der Waals surface area contributed by atoms with Crippen molar-refractivity contribution in [2.75, 3.05) is 12.3 Å². The number of benzene rings is 2. The van der Waals surface area contributed by atoms with Gasteiger partial charge in [0, 0.05) is 12.5 Å². The fourth-order valence-electron chi connectivity index (χ4n) is 4.16. The smallest absolute Gasteiger partial charge is 0.257 e. The molecule has 4 aromatic rings. The fraction of sp³-hybridized carbons (Fsp3) is 0.348. The SMILES string of the molecule is O=C(CSc1nc2ccccc2o1)NCC1CCC(c2nc3ccccc3[nH]2)CC1. The predicted molar refractivity (Wildman–Crippen MR) is 119 cm³/mol. The van der Waals surface area contributed by atoms with Crippen molar-refractivity contribution in [1.29, 1.82) is 0 Å². The molecule has 0 aliphatic heterocycles. The van der Waals surface area contributed by atoms with Gasteiger partial charge in [-0.05, 0) is 55.9 Å². The number of aromatic amines is 1. The van der Waals surface area contributed by atoms with Gasteiger partial charge in [0.05, 0.1) is 16.8 Å². The van der Waals surface area contributed by atoms with Crippen LogP contribution in [-0.4, -0.2) is 33.2 Å². The van der Waals surface area contributed by atoms with Crippen LogP contribution in [0.1, 0.15) is 37.4 Å². The van der Waals surface area contributed by atoms with Crippen LogP contribution in [0.4, 0.5) is 0 Å². The van der Waals surface area contributed by atoms with Crippen LogP contribution in [0.3, 0.4) is 0 Å². The van der Waals surface area contributed by atoms with Crippen molar-refractivity contribution in [2.45, 2.75) is 36.8 Å². The average Bonchev–Trinajstić information content (AvgIpc) is 3.40. The van der Waals surface area contributed by atoms with Gasteiger partial charge in [0.1, 0.15) is 11.3 Å². The van der Waals surface area contributed by atoms with E-state index in [4.69, 9.17) is 9.40 Å². The Labute approximate surface area is 178 Å². The minimum atomic E-state index is 0.0293. The molecule has 154 valence electrons. The van der Waals surface area contributed by atoms with E-state index in [2.05, 4.69) is 27.4 Å². The molecular weight excluding hydrogens is 396 g/mol. The molecule has 2 aromatic carbocycles. The molecular formula is C23H24N4O2S. The average molecular weight is 421 g/mol. The van der Waals surface area contributed by atoms with E-state index in [1.54, 1.807) is 0 Å². The lowest BCUT2D eigenvalue weighted by molar-refractivity contribution is -0.118. The summed E-state index contributed by atoms with van der Waals surface area (Å²) in [6.45, 7) is 0.736. The molecule has 2 heterocycles. The molecule has 0 saturated heterocycles. The van der Waals surface area contributed by atoms with Gasteiger partial charge >= 0.3 is 0 Å². The Bertz CT molecular complexity index is 1090. The monoisotopic (exact) mass is 420 g/mol. The molecule has 1 amide bonds. The lowest BCUT2D eigenvalue weighted by atomic mass is 9.81. The Balaban J connectivity index is 1.07. The van der Waals surface area contributed by atoms with Gasteiger partial charge in [0.2, 0.25) is 5.91 Å². The van der Waals surface area contributed by atoms with Crippen LogP contribution < -0.4 is 5.32 Å². The number of aromatic nitrogens is 3. The van der Waals surface area contributed by atoms with E-state index in [-0.39, 0.29) is 5.91 Å². The third-order valence-electron chi connectivity index (χ3n) is 5.83. The lowest BCUT2D eigenvalue weighted by Crippen LogP contribution is -2.32. The number of carbonyl (C=O) groups is 1. The molecule has 2 aromatic heterocycles. The summed E-state index contributed by atoms with van der Waals surface area (Å²) in [5, 5.41) is 3.62. The molecule has 1 saturated carbocycles. The zero-order chi connectivity index (χ0) is 20.3. The maximum Gasteiger partial charge on any atom is 0.257 e. The van der Waals surface area contributed by atoms with Gasteiger partial charge in [-0.1, -0.05) is 36.0 Å². The highest BCUT2D eigenvalue weighted by Crippen LogP contribution is 2.35. The van der Waals surface area contributed by atoms with Gasteiger partial charge in [-0.25, -0.2) is 9.97 Å². The number of amides is 1. The minimum Gasteiger partial charge on any atom is -0.431 e. The number of oxazole rings is 1. The molecule has 0 unspecified atom stereocenters. The molecule has 2 N–H and O–H groups in total. The maximum atomic E-state index is 12.2. The van der Waals surface area contributed by atoms with Crippen molar-refractivity contribution >= 4 is 39.8 Å². The van der Waals surface area contributed by atoms with E-state index in [1.165, 1.54) is 11.8 Å². The Kier molecular flexibility index (Phi) is 5.45. The summed E-state index contributed by atoms with van der Waals surface area (Å²) in [5.74, 6) is 2.47. The standard InChI is InChI=1S/C23H24N4O2S/c28-21(14-30-23-27-19-7-3-4-8-20(19)29-23)24-13-15-9-11-16(12-10-15)22-25-17-5-1-2-6-18(17)26-22/h1-8,15-16H,9-14H2,(H,24,28)(H,25,26). The van der Waals surface area contributed by atoms with Crippen LogP contribution in [0.2, 0.25) is 0 Å². The topological polar surface area (TPSA) is 83.8 Å². The van der Waals surface area contributed by atoms with Crippen molar-refractivity contribution in [3.05, 3.63) is 54.4 Å². The molecule has 1 aliphatic carbocycles. The highest BCUT2D eigenvalue weighted by Gasteiger charge is 2.25. The number of nitrogens with one attached hydrogen (secondary N) is 2. The van der Waals surface area contributed by atoms with Gasteiger partial charge in [-0.3, -0.25) is 4.79 Å². The van der Waals surface area contributed by atoms with Crippen molar-refractivity contribution < 1.29 is 9.21 Å². The van der Waals surface area contributed by atoms with Crippen LogP contribution in [0.25, 0.3) is 22.1 Å². The molecule has 0 bridgehead atoms. The zero-order valence-electron chi connectivity index (χ0n) is 16.6. The maximum absolute atomic E-state index is 12.2. The summed E-state index contributed by atoms with van der Waals surface area (Å²) in [7, 11) is 0. The third kappa shape index (κ3) is 4.21. The van der Waals surface area contributed by atoms with Gasteiger partial charge in [0.15, 0.2) is 5.58 Å². The number of nitrogens with zero attached hydrogens (tertiary/aromatic N) is 2. The van der Waals surface area contributed by atoms with Crippen molar-refractivity contribution in [3.63, 3.8) is 0 Å². The number of imidazole rings is 1. The number of para-hydroxylation sites is 4. The number of hydrogen-bond donors (Lipinski definition) is 2. The second-order valence-corrected chi connectivity index (χ2v) is 8.82. The number of fused-ring (bicyclic) bond motifs is 2. The minimum absolute atomic E-state index is 0.0293. The highest BCUT2D eigenvalue weighted by atomic mass is 32.2. The van der Waals surface area contributed by atoms with E-state index < -0.39 is 0 Å². The Morgan fingerprint density at radius 1 is 1.03 bits per heavy atom. The molecule has 0 spiro atoms. The largest absolute Gasteiger partial charge is 0.431 e. The number of hydrogen-bond acceptors (Lipinski definition) is 5. The zero-order valence-corrected chi connectivity index (χ0v) is 17.5. The number of rotatable bonds is 6. The summed E-state index contributed by atoms with van der Waals surface area (Å²) < 4.78 is 5.65. The first kappa shape index (κ1) is 19.2.